The second-order valence-electron chi connectivity index (χ2n) is 14.5. The van der Waals surface area contributed by atoms with E-state index >= 15 is 0 Å². The topological polar surface area (TPSA) is 134 Å². The molecule has 0 aromatic carbocycles. The molecule has 4 N–H and O–H groups in total. The Morgan fingerprint density at radius 3 is 1.36 bits per heavy atom. The van der Waals surface area contributed by atoms with Crippen LogP contribution in [0.2, 0.25) is 0 Å². The number of aliphatic hydroxyl groups excluding tert-OH is 3. The molecule has 1 fully saturated rings. The van der Waals surface area contributed by atoms with Crippen molar-refractivity contribution in [1.29, 1.82) is 0 Å². The number of hydrogen-bond acceptors (Lipinski definition) is 7. The lowest BCUT2D eigenvalue weighted by Gasteiger charge is -2.24. The summed E-state index contributed by atoms with van der Waals surface area (Å²) >= 11 is 0. The predicted octanol–water partition coefficient (Wildman–Crippen LogP) is 10.4. The number of carboxylic acid groups (broad SMARTS) is 1. The van der Waals surface area contributed by atoms with E-state index in [4.69, 9.17) is 14.6 Å². The van der Waals surface area contributed by atoms with E-state index in [0.717, 1.165) is 32.1 Å². The number of esters is 1. The molecule has 0 aliphatic carbocycles. The summed E-state index contributed by atoms with van der Waals surface area (Å²) in [6.07, 6.45) is 36.7. The van der Waals surface area contributed by atoms with Crippen molar-refractivity contribution in [1.82, 2.24) is 0 Å². The van der Waals surface area contributed by atoms with Crippen LogP contribution in [0.4, 0.5) is 0 Å². The van der Waals surface area contributed by atoms with Crippen LogP contribution >= 0.6 is 0 Å². The zero-order chi connectivity index (χ0) is 36.9. The van der Waals surface area contributed by atoms with Crippen LogP contribution < -0.4 is 0 Å². The molecule has 0 amide bonds. The summed E-state index contributed by atoms with van der Waals surface area (Å²) in [4.78, 5) is 22.3. The van der Waals surface area contributed by atoms with Gasteiger partial charge in [0.2, 0.25) is 0 Å². The number of carboxylic acids is 1. The summed E-state index contributed by atoms with van der Waals surface area (Å²) in [5.74, 6) is -1.05. The Morgan fingerprint density at radius 2 is 1.00 bits per heavy atom. The molecular formula is C42H80O8. The Bertz CT molecular complexity index is 773. The molecule has 8 nitrogen and oxygen atoms in total. The van der Waals surface area contributed by atoms with Gasteiger partial charge in [0.15, 0.2) is 6.10 Å². The van der Waals surface area contributed by atoms with Gasteiger partial charge in [-0.1, -0.05) is 167 Å². The van der Waals surface area contributed by atoms with Gasteiger partial charge in [0.25, 0.3) is 0 Å². The van der Waals surface area contributed by atoms with E-state index in [1.54, 1.807) is 0 Å². The highest BCUT2D eigenvalue weighted by molar-refractivity contribution is 5.69. The molecular weight excluding hydrogens is 632 g/mol. The fourth-order valence-corrected chi connectivity index (χ4v) is 6.38. The van der Waals surface area contributed by atoms with Gasteiger partial charge < -0.3 is 29.9 Å². The van der Waals surface area contributed by atoms with Gasteiger partial charge in [0, 0.05) is 12.8 Å². The molecule has 50 heavy (non-hydrogen) atoms. The Morgan fingerprint density at radius 1 is 0.620 bits per heavy atom. The van der Waals surface area contributed by atoms with Crippen LogP contribution in [0.3, 0.4) is 0 Å². The first-order valence-corrected chi connectivity index (χ1v) is 21.0. The van der Waals surface area contributed by atoms with E-state index in [1.165, 1.54) is 148 Å². The van der Waals surface area contributed by atoms with Crippen molar-refractivity contribution in [2.75, 3.05) is 13.2 Å². The lowest BCUT2D eigenvalue weighted by molar-refractivity contribution is -0.162. The van der Waals surface area contributed by atoms with Crippen molar-refractivity contribution >= 4 is 11.9 Å². The van der Waals surface area contributed by atoms with Crippen LogP contribution in [0.1, 0.15) is 206 Å². The SMILES string of the molecule is CCCCCCCC/C=C\CCCCCCCC(=O)O.CCCCCCCCCCCCCCCCCC(=O)O[C@H](CO)[C@H]1OC[C@H](O)[C@H]1O. The Balaban J connectivity index is 0.00000105. The highest BCUT2D eigenvalue weighted by Gasteiger charge is 2.41. The van der Waals surface area contributed by atoms with E-state index < -0.39 is 37.0 Å². The third kappa shape index (κ3) is 31.3. The van der Waals surface area contributed by atoms with E-state index in [-0.39, 0.29) is 12.6 Å². The van der Waals surface area contributed by atoms with Gasteiger partial charge in [-0.25, -0.2) is 0 Å². The molecule has 1 saturated heterocycles. The molecule has 0 radical (unpaired) electrons. The lowest BCUT2D eigenvalue weighted by atomic mass is 10.0. The van der Waals surface area contributed by atoms with Crippen molar-refractivity contribution in [2.24, 2.45) is 0 Å². The first-order chi connectivity index (χ1) is 24.4. The molecule has 296 valence electrons. The van der Waals surface area contributed by atoms with Crippen molar-refractivity contribution in [3.05, 3.63) is 12.2 Å². The summed E-state index contributed by atoms with van der Waals surface area (Å²) < 4.78 is 10.5. The van der Waals surface area contributed by atoms with Gasteiger partial charge >= 0.3 is 11.9 Å². The highest BCUT2D eigenvalue weighted by atomic mass is 16.6. The Hall–Kier alpha value is -1.48. The van der Waals surface area contributed by atoms with Gasteiger partial charge in [-0.3, -0.25) is 9.59 Å². The second-order valence-corrected chi connectivity index (χ2v) is 14.5. The molecule has 1 aliphatic heterocycles. The van der Waals surface area contributed by atoms with Gasteiger partial charge in [-0.15, -0.1) is 0 Å². The number of aliphatic hydroxyl groups is 3. The van der Waals surface area contributed by atoms with Gasteiger partial charge in [-0.05, 0) is 38.5 Å². The van der Waals surface area contributed by atoms with Crippen molar-refractivity contribution in [3.63, 3.8) is 0 Å². The number of allylic oxidation sites excluding steroid dienone is 2. The number of aliphatic carboxylic acids is 1. The number of unbranched alkanes of at least 4 members (excludes halogenated alkanes) is 25. The molecule has 0 spiro atoms. The highest BCUT2D eigenvalue weighted by Crippen LogP contribution is 2.20. The lowest BCUT2D eigenvalue weighted by Crippen LogP contribution is -2.43. The molecule has 0 unspecified atom stereocenters. The number of hydrogen-bond donors (Lipinski definition) is 4. The minimum Gasteiger partial charge on any atom is -0.481 e. The van der Waals surface area contributed by atoms with Crippen LogP contribution in [0.5, 0.6) is 0 Å². The maximum absolute atomic E-state index is 12.0. The van der Waals surface area contributed by atoms with E-state index in [2.05, 4.69) is 26.0 Å². The molecule has 8 heteroatoms. The average molecular weight is 713 g/mol. The standard InChI is InChI=1S/C24H46O6.C18H34O2/c1-2-3-4-5-6-7-8-9-10-11-12-13-14-15-16-17-22(27)30-21(18-25)24-23(28)20(26)19-29-24;1-2-3-4-5-6-7-8-9-10-11-12-13-14-15-16-17-18(19)20/h20-21,23-26,28H,2-19H2,1H3;9-10H,2-8,11-17H2,1H3,(H,19,20)/b;10-9-/t20-,21+,23+,24+;/m0./s1. The molecule has 1 heterocycles. The smallest absolute Gasteiger partial charge is 0.306 e. The number of ether oxygens (including phenoxy) is 2. The van der Waals surface area contributed by atoms with Crippen LogP contribution in [-0.2, 0) is 19.1 Å². The molecule has 0 aromatic rings. The monoisotopic (exact) mass is 713 g/mol. The zero-order valence-corrected chi connectivity index (χ0v) is 32.5. The fourth-order valence-electron chi connectivity index (χ4n) is 6.38. The minimum absolute atomic E-state index is 0.0149. The number of rotatable bonds is 34. The Labute approximate surface area is 307 Å². The van der Waals surface area contributed by atoms with Crippen LogP contribution in [0, 0.1) is 0 Å². The number of carbonyl (C=O) groups excluding carboxylic acids is 1. The van der Waals surface area contributed by atoms with E-state index in [1.807, 2.05) is 0 Å². The molecule has 1 aliphatic rings. The molecule has 4 atom stereocenters. The largest absolute Gasteiger partial charge is 0.481 e. The first-order valence-electron chi connectivity index (χ1n) is 21.0. The van der Waals surface area contributed by atoms with Gasteiger partial charge in [0.1, 0.15) is 18.3 Å². The van der Waals surface area contributed by atoms with Gasteiger partial charge in [0.05, 0.1) is 13.2 Å². The summed E-state index contributed by atoms with van der Waals surface area (Å²) in [6.45, 7) is 4.07. The quantitative estimate of drug-likeness (QED) is 0.0294. The maximum Gasteiger partial charge on any atom is 0.306 e. The van der Waals surface area contributed by atoms with Crippen LogP contribution in [-0.4, -0.2) is 70.0 Å². The van der Waals surface area contributed by atoms with Crippen LogP contribution in [0.15, 0.2) is 12.2 Å². The average Bonchev–Trinajstić information content (AvgIpc) is 3.44. The zero-order valence-electron chi connectivity index (χ0n) is 32.5. The predicted molar refractivity (Wildman–Crippen MR) is 205 cm³/mol. The fraction of sp³-hybridized carbons (Fsp3) is 0.905. The second kappa shape index (κ2) is 37.3. The van der Waals surface area contributed by atoms with Crippen molar-refractivity contribution in [3.8, 4) is 0 Å². The summed E-state index contributed by atoms with van der Waals surface area (Å²) in [6, 6.07) is 0. The van der Waals surface area contributed by atoms with E-state index in [9.17, 15) is 24.9 Å². The maximum atomic E-state index is 12.0. The first kappa shape index (κ1) is 48.5. The number of carbonyl (C=O) groups is 2. The normalized spacial score (nSPS) is 17.9. The summed E-state index contributed by atoms with van der Waals surface area (Å²) in [5.41, 5.74) is 0. The molecule has 0 saturated carbocycles. The van der Waals surface area contributed by atoms with Crippen molar-refractivity contribution < 1.29 is 39.5 Å². The Kier molecular flexibility index (Phi) is 36.2. The molecule has 0 aromatic heterocycles. The van der Waals surface area contributed by atoms with Crippen molar-refractivity contribution in [2.45, 2.75) is 231 Å². The summed E-state index contributed by atoms with van der Waals surface area (Å²) in [5, 5.41) is 37.2. The summed E-state index contributed by atoms with van der Waals surface area (Å²) in [7, 11) is 0. The van der Waals surface area contributed by atoms with E-state index in [0.29, 0.717) is 12.8 Å². The van der Waals surface area contributed by atoms with Gasteiger partial charge in [-0.2, -0.15) is 0 Å². The third-order valence-corrected chi connectivity index (χ3v) is 9.66. The minimum atomic E-state index is -1.14. The molecule has 0 bridgehead atoms. The third-order valence-electron chi connectivity index (χ3n) is 9.66. The van der Waals surface area contributed by atoms with Crippen LogP contribution in [0.25, 0.3) is 0 Å². The molecule has 1 rings (SSSR count).